The second-order valence-electron chi connectivity index (χ2n) is 21.6. The van der Waals surface area contributed by atoms with Gasteiger partial charge in [-0.1, -0.05) is 294 Å². The van der Waals surface area contributed by atoms with Crippen molar-refractivity contribution in [2.45, 2.75) is 290 Å². The summed E-state index contributed by atoms with van der Waals surface area (Å²) in [6.45, 7) is 6.33. The lowest BCUT2D eigenvalue weighted by Gasteiger charge is -2.18. The van der Waals surface area contributed by atoms with Crippen molar-refractivity contribution in [3.05, 3.63) is 158 Å². The molecule has 6 nitrogen and oxygen atoms in total. The molecule has 0 N–H and O–H groups in total. The predicted octanol–water partition coefficient (Wildman–Crippen LogP) is 23.3. The minimum atomic E-state index is -0.796. The molecule has 0 rings (SSSR count). The van der Waals surface area contributed by atoms with Gasteiger partial charge in [-0.25, -0.2) is 0 Å². The van der Waals surface area contributed by atoms with Crippen LogP contribution in [0, 0.1) is 0 Å². The Bertz CT molecular complexity index is 1830. The fraction of sp³-hybridized carbons (Fsp3) is 0.618. The first-order valence-electron chi connectivity index (χ1n) is 33.5. The van der Waals surface area contributed by atoms with Gasteiger partial charge in [0.1, 0.15) is 13.2 Å². The highest BCUT2D eigenvalue weighted by molar-refractivity contribution is 5.71. The number of hydrogen-bond acceptors (Lipinski definition) is 6. The third-order valence-corrected chi connectivity index (χ3v) is 13.8. The highest BCUT2D eigenvalue weighted by atomic mass is 16.6. The number of esters is 3. The Morgan fingerprint density at radius 1 is 0.256 bits per heavy atom. The van der Waals surface area contributed by atoms with E-state index in [1.54, 1.807) is 0 Å². The first-order chi connectivity index (χ1) is 40.5. The Kier molecular flexibility index (Phi) is 64.4. The molecule has 0 aromatic heterocycles. The molecular formula is C76H122O6. The average Bonchev–Trinajstić information content (AvgIpc) is 3.47. The van der Waals surface area contributed by atoms with E-state index in [0.29, 0.717) is 19.3 Å². The van der Waals surface area contributed by atoms with Gasteiger partial charge in [0.05, 0.1) is 0 Å². The fourth-order valence-corrected chi connectivity index (χ4v) is 8.84. The van der Waals surface area contributed by atoms with Crippen LogP contribution in [0.1, 0.15) is 284 Å². The number of hydrogen-bond donors (Lipinski definition) is 0. The van der Waals surface area contributed by atoms with Crippen LogP contribution in [0.2, 0.25) is 0 Å². The molecule has 0 aliphatic heterocycles. The lowest BCUT2D eigenvalue weighted by Crippen LogP contribution is -2.30. The first-order valence-corrected chi connectivity index (χ1v) is 33.5. The van der Waals surface area contributed by atoms with Gasteiger partial charge < -0.3 is 14.2 Å². The van der Waals surface area contributed by atoms with Crippen molar-refractivity contribution in [1.82, 2.24) is 0 Å². The zero-order valence-corrected chi connectivity index (χ0v) is 52.9. The molecule has 0 aromatic rings. The third-order valence-electron chi connectivity index (χ3n) is 13.8. The van der Waals surface area contributed by atoms with Crippen molar-refractivity contribution < 1.29 is 28.6 Å². The Labute approximate surface area is 505 Å². The van der Waals surface area contributed by atoms with E-state index in [9.17, 15) is 14.4 Å². The number of carbonyl (C=O) groups is 3. The van der Waals surface area contributed by atoms with E-state index in [4.69, 9.17) is 14.2 Å². The third kappa shape index (κ3) is 65.8. The molecule has 0 heterocycles. The normalized spacial score (nSPS) is 13.2. The van der Waals surface area contributed by atoms with Gasteiger partial charge >= 0.3 is 17.9 Å². The van der Waals surface area contributed by atoms with Gasteiger partial charge in [0.2, 0.25) is 0 Å². The lowest BCUT2D eigenvalue weighted by molar-refractivity contribution is -0.167. The van der Waals surface area contributed by atoms with Crippen LogP contribution in [0.15, 0.2) is 158 Å². The van der Waals surface area contributed by atoms with Crippen LogP contribution >= 0.6 is 0 Å². The van der Waals surface area contributed by atoms with E-state index in [1.807, 2.05) is 0 Å². The van der Waals surface area contributed by atoms with Crippen LogP contribution in [-0.2, 0) is 28.6 Å². The Hall–Kier alpha value is -4.97. The van der Waals surface area contributed by atoms with Crippen LogP contribution in [0.4, 0.5) is 0 Å². The number of carbonyl (C=O) groups excluding carboxylic acids is 3. The Morgan fingerprint density at radius 3 is 0.756 bits per heavy atom. The summed E-state index contributed by atoms with van der Waals surface area (Å²) in [6.07, 6.45) is 100. The summed E-state index contributed by atoms with van der Waals surface area (Å²) in [6, 6.07) is 0. The molecule has 0 saturated carbocycles. The van der Waals surface area contributed by atoms with E-state index in [2.05, 4.69) is 179 Å². The van der Waals surface area contributed by atoms with Crippen molar-refractivity contribution >= 4 is 17.9 Å². The quantitative estimate of drug-likeness (QED) is 0.0261. The molecule has 462 valence electrons. The maximum Gasteiger partial charge on any atom is 0.306 e. The summed E-state index contributed by atoms with van der Waals surface area (Å²) in [4.78, 5) is 38.1. The van der Waals surface area contributed by atoms with Crippen LogP contribution in [0.25, 0.3) is 0 Å². The van der Waals surface area contributed by atoms with Crippen molar-refractivity contribution in [2.24, 2.45) is 0 Å². The largest absolute Gasteiger partial charge is 0.462 e. The molecule has 0 radical (unpaired) electrons. The van der Waals surface area contributed by atoms with Crippen molar-refractivity contribution in [3.63, 3.8) is 0 Å². The van der Waals surface area contributed by atoms with Crippen LogP contribution < -0.4 is 0 Å². The van der Waals surface area contributed by atoms with Crippen molar-refractivity contribution in [1.29, 1.82) is 0 Å². The molecular weight excluding hydrogens is 1010 g/mol. The maximum atomic E-state index is 12.9. The summed E-state index contributed by atoms with van der Waals surface area (Å²) in [5.74, 6) is -0.938. The van der Waals surface area contributed by atoms with Crippen LogP contribution in [0.3, 0.4) is 0 Å². The predicted molar refractivity (Wildman–Crippen MR) is 357 cm³/mol. The molecule has 0 bridgehead atoms. The van der Waals surface area contributed by atoms with E-state index in [-0.39, 0.29) is 31.1 Å². The molecule has 0 aromatic carbocycles. The standard InChI is InChI=1S/C76H122O6/c1-4-7-10-13-16-18-20-22-24-26-28-30-32-34-36-37-38-39-41-42-44-46-48-50-52-54-56-58-60-63-66-69-75(78)81-72-73(71-80-74(77)68-65-62-15-12-9-6-3)82-76(79)70-67-64-61-59-57-55-53-51-49-47-45-43-40-35-33-31-29-27-25-23-21-19-17-14-11-8-5-2/h7-8,10-11,16-19,22-25,28-31,34,36,38-39,42,44,48,50,54,56,73H,4-6,9,12-15,20-21,26-27,32-33,35,37,40-41,43,45-47,49,51-53,55,57-72H2,1-3H3/b10-7-,11-8-,18-16-,19-17-,24-22-,25-23-,30-28-,31-29-,36-34-,39-38-,44-42-,50-48-,56-54-. The average molecular weight is 1130 g/mol. The number of ether oxygens (including phenoxy) is 3. The smallest absolute Gasteiger partial charge is 0.306 e. The van der Waals surface area contributed by atoms with Crippen LogP contribution in [-0.4, -0.2) is 37.2 Å². The van der Waals surface area contributed by atoms with Gasteiger partial charge in [-0.3, -0.25) is 14.4 Å². The molecule has 1 unspecified atom stereocenters. The molecule has 0 spiro atoms. The highest BCUT2D eigenvalue weighted by Crippen LogP contribution is 2.16. The number of allylic oxidation sites excluding steroid dienone is 26. The second-order valence-corrected chi connectivity index (χ2v) is 21.6. The molecule has 0 saturated heterocycles. The summed E-state index contributed by atoms with van der Waals surface area (Å²) < 4.78 is 16.8. The second kappa shape index (κ2) is 68.5. The van der Waals surface area contributed by atoms with E-state index < -0.39 is 6.10 Å². The Balaban J connectivity index is 4.18. The minimum Gasteiger partial charge on any atom is -0.462 e. The topological polar surface area (TPSA) is 78.9 Å². The van der Waals surface area contributed by atoms with Gasteiger partial charge in [-0.2, -0.15) is 0 Å². The summed E-state index contributed by atoms with van der Waals surface area (Å²) in [5.41, 5.74) is 0. The van der Waals surface area contributed by atoms with Crippen molar-refractivity contribution in [2.75, 3.05) is 13.2 Å². The highest BCUT2D eigenvalue weighted by Gasteiger charge is 2.19. The van der Waals surface area contributed by atoms with Crippen LogP contribution in [0.5, 0.6) is 0 Å². The molecule has 0 aliphatic carbocycles. The minimum absolute atomic E-state index is 0.0930. The summed E-state index contributed by atoms with van der Waals surface area (Å²) in [5, 5.41) is 0. The SMILES string of the molecule is CC/C=C\C/C=C\C/C=C\C/C=C\C/C=C\C/C=C\C/C=C\C/C=C\C/C=C\CCCCCC(=O)OCC(COC(=O)CCCCCCCC)OC(=O)CCCCCCCCCCCCCCCC/C=C\C/C=C\C/C=C\C/C=C\CC. The zero-order chi connectivity index (χ0) is 59.2. The van der Waals surface area contributed by atoms with E-state index in [0.717, 1.165) is 148 Å². The maximum absolute atomic E-state index is 12.9. The molecule has 1 atom stereocenters. The van der Waals surface area contributed by atoms with Gasteiger partial charge in [0.15, 0.2) is 6.10 Å². The van der Waals surface area contributed by atoms with Gasteiger partial charge in [-0.15, -0.1) is 0 Å². The summed E-state index contributed by atoms with van der Waals surface area (Å²) in [7, 11) is 0. The number of unbranched alkanes of at least 4 members (excludes halogenated alkanes) is 22. The van der Waals surface area contributed by atoms with Gasteiger partial charge in [0.25, 0.3) is 0 Å². The van der Waals surface area contributed by atoms with Gasteiger partial charge in [-0.05, 0) is 128 Å². The molecule has 0 amide bonds. The summed E-state index contributed by atoms with van der Waals surface area (Å²) >= 11 is 0. The Morgan fingerprint density at radius 2 is 0.476 bits per heavy atom. The molecule has 0 aliphatic rings. The fourth-order valence-electron chi connectivity index (χ4n) is 8.84. The van der Waals surface area contributed by atoms with E-state index >= 15 is 0 Å². The number of rotatable bonds is 59. The lowest BCUT2D eigenvalue weighted by atomic mass is 10.0. The molecule has 0 fully saturated rings. The molecule has 6 heteroatoms. The van der Waals surface area contributed by atoms with E-state index in [1.165, 1.54) is 96.3 Å². The monoisotopic (exact) mass is 1130 g/mol. The van der Waals surface area contributed by atoms with Gasteiger partial charge in [0, 0.05) is 19.3 Å². The first kappa shape index (κ1) is 77.0. The van der Waals surface area contributed by atoms with Crippen molar-refractivity contribution in [3.8, 4) is 0 Å². The zero-order valence-electron chi connectivity index (χ0n) is 52.9. The molecule has 82 heavy (non-hydrogen) atoms.